The molecule has 1 aliphatic rings. The summed E-state index contributed by atoms with van der Waals surface area (Å²) in [7, 11) is -4.75. The lowest BCUT2D eigenvalue weighted by molar-refractivity contribution is -0.139. The van der Waals surface area contributed by atoms with Gasteiger partial charge in [0.25, 0.3) is 0 Å². The van der Waals surface area contributed by atoms with Crippen molar-refractivity contribution in [3.63, 3.8) is 0 Å². The standard InChI is InChI=1S/C16H23F3N8O2S/c17-16(18,19)11-3-4-12(27-9-7-26(8-10-27)6-2-1-5-20)13(14(11)30(21,28)29)15-22-24-25-23-15/h3-4H,1-2,5-10,20H2,(H2,21,28,29)(H,22,23,24,25). The molecule has 0 unspecified atom stereocenters. The highest BCUT2D eigenvalue weighted by atomic mass is 32.2. The van der Waals surface area contributed by atoms with Gasteiger partial charge in [0.2, 0.25) is 15.8 Å². The zero-order chi connectivity index (χ0) is 21.9. The van der Waals surface area contributed by atoms with Crippen LogP contribution in [0.2, 0.25) is 0 Å². The average molecular weight is 448 g/mol. The first-order valence-corrected chi connectivity index (χ1v) is 10.9. The van der Waals surface area contributed by atoms with E-state index in [2.05, 4.69) is 25.5 Å². The number of aromatic nitrogens is 4. The van der Waals surface area contributed by atoms with Crippen LogP contribution >= 0.6 is 0 Å². The van der Waals surface area contributed by atoms with Gasteiger partial charge in [-0.05, 0) is 43.3 Å². The number of hydrogen-bond acceptors (Lipinski definition) is 8. The van der Waals surface area contributed by atoms with Crippen molar-refractivity contribution in [1.82, 2.24) is 25.5 Å². The Labute approximate surface area is 171 Å². The van der Waals surface area contributed by atoms with Crippen molar-refractivity contribution < 1.29 is 21.6 Å². The molecule has 30 heavy (non-hydrogen) atoms. The fourth-order valence-electron chi connectivity index (χ4n) is 3.53. The van der Waals surface area contributed by atoms with Crippen LogP contribution in [0, 0.1) is 0 Å². The third-order valence-corrected chi connectivity index (χ3v) is 5.93. The summed E-state index contributed by atoms with van der Waals surface area (Å²) in [6, 6.07) is 1.96. The predicted molar refractivity (Wildman–Crippen MR) is 103 cm³/mol. The Morgan fingerprint density at radius 2 is 1.83 bits per heavy atom. The number of unbranched alkanes of at least 4 members (excludes halogenated alkanes) is 1. The minimum Gasteiger partial charge on any atom is -0.368 e. The highest BCUT2D eigenvalue weighted by Gasteiger charge is 2.40. The molecule has 14 heteroatoms. The molecule has 1 fully saturated rings. The molecule has 3 rings (SSSR count). The number of alkyl halides is 3. The molecule has 2 aromatic rings. The highest BCUT2D eigenvalue weighted by molar-refractivity contribution is 7.89. The van der Waals surface area contributed by atoms with Gasteiger partial charge in [-0.2, -0.15) is 18.4 Å². The van der Waals surface area contributed by atoms with E-state index in [-0.39, 0.29) is 17.1 Å². The lowest BCUT2D eigenvalue weighted by Crippen LogP contribution is -2.47. The molecule has 1 aliphatic heterocycles. The molecule has 1 aromatic carbocycles. The van der Waals surface area contributed by atoms with Crippen molar-refractivity contribution in [2.45, 2.75) is 23.9 Å². The van der Waals surface area contributed by atoms with Gasteiger partial charge in [0.05, 0.1) is 11.1 Å². The molecule has 0 atom stereocenters. The van der Waals surface area contributed by atoms with Crippen LogP contribution in [-0.2, 0) is 16.2 Å². The number of halogens is 3. The quantitative estimate of drug-likeness (QED) is 0.516. The molecule has 2 heterocycles. The third kappa shape index (κ3) is 4.88. The molecule has 1 saturated heterocycles. The van der Waals surface area contributed by atoms with E-state index < -0.39 is 26.7 Å². The van der Waals surface area contributed by atoms with Crippen LogP contribution in [0.3, 0.4) is 0 Å². The second kappa shape index (κ2) is 8.83. The Bertz CT molecular complexity index is 958. The molecule has 166 valence electrons. The molecular weight excluding hydrogens is 425 g/mol. The van der Waals surface area contributed by atoms with Crippen LogP contribution in [0.4, 0.5) is 18.9 Å². The van der Waals surface area contributed by atoms with Crippen LogP contribution in [0.15, 0.2) is 17.0 Å². The normalized spacial score (nSPS) is 16.2. The van der Waals surface area contributed by atoms with Crippen LogP contribution in [-0.4, -0.2) is 73.2 Å². The number of nitrogens with one attached hydrogen (secondary N) is 1. The number of piperazine rings is 1. The van der Waals surface area contributed by atoms with Gasteiger partial charge in [0.1, 0.15) is 4.90 Å². The van der Waals surface area contributed by atoms with Crippen molar-refractivity contribution >= 4 is 15.7 Å². The van der Waals surface area contributed by atoms with E-state index in [4.69, 9.17) is 10.9 Å². The number of sulfonamides is 1. The maximum atomic E-state index is 13.6. The minimum absolute atomic E-state index is 0.259. The topological polar surface area (TPSA) is 147 Å². The van der Waals surface area contributed by atoms with E-state index in [0.29, 0.717) is 32.7 Å². The van der Waals surface area contributed by atoms with Gasteiger partial charge in [-0.1, -0.05) is 0 Å². The van der Waals surface area contributed by atoms with Gasteiger partial charge < -0.3 is 10.6 Å². The number of primary sulfonamides is 1. The van der Waals surface area contributed by atoms with Crippen molar-refractivity contribution in [2.75, 3.05) is 44.2 Å². The third-order valence-electron chi connectivity index (χ3n) is 4.94. The average Bonchev–Trinajstić information content (AvgIpc) is 3.21. The van der Waals surface area contributed by atoms with Gasteiger partial charge in [0, 0.05) is 31.9 Å². The second-order valence-corrected chi connectivity index (χ2v) is 8.44. The van der Waals surface area contributed by atoms with Crippen molar-refractivity contribution in [3.05, 3.63) is 17.7 Å². The zero-order valence-electron chi connectivity index (χ0n) is 16.1. The summed E-state index contributed by atoms with van der Waals surface area (Å²) in [6.07, 6.45) is -3.06. The first-order chi connectivity index (χ1) is 14.1. The summed E-state index contributed by atoms with van der Waals surface area (Å²) in [6.45, 7) is 3.81. The van der Waals surface area contributed by atoms with Crippen LogP contribution in [0.1, 0.15) is 18.4 Å². The Kier molecular flexibility index (Phi) is 6.59. The first-order valence-electron chi connectivity index (χ1n) is 9.31. The Balaban J connectivity index is 2.02. The SMILES string of the molecule is NCCCCN1CCN(c2ccc(C(F)(F)F)c(S(N)(=O)=O)c2-c2nn[nH]n2)CC1. The lowest BCUT2D eigenvalue weighted by atomic mass is 10.0. The van der Waals surface area contributed by atoms with E-state index in [1.807, 2.05) is 0 Å². The van der Waals surface area contributed by atoms with E-state index in [9.17, 15) is 21.6 Å². The number of aromatic amines is 1. The van der Waals surface area contributed by atoms with Crippen molar-refractivity contribution in [1.29, 1.82) is 0 Å². The summed E-state index contributed by atoms with van der Waals surface area (Å²) in [5.74, 6) is -0.273. The molecule has 1 aromatic heterocycles. The van der Waals surface area contributed by atoms with Gasteiger partial charge in [-0.3, -0.25) is 4.90 Å². The molecule has 0 bridgehead atoms. The lowest BCUT2D eigenvalue weighted by Gasteiger charge is -2.37. The Morgan fingerprint density at radius 3 is 2.37 bits per heavy atom. The molecular formula is C16H23F3N8O2S. The van der Waals surface area contributed by atoms with Gasteiger partial charge in [-0.15, -0.1) is 10.2 Å². The van der Waals surface area contributed by atoms with Crippen LogP contribution in [0.25, 0.3) is 11.4 Å². The summed E-state index contributed by atoms with van der Waals surface area (Å²) in [5.41, 5.74) is 4.10. The Morgan fingerprint density at radius 1 is 1.13 bits per heavy atom. The molecule has 0 saturated carbocycles. The minimum atomic E-state index is -4.93. The fraction of sp³-hybridized carbons (Fsp3) is 0.562. The molecule has 10 nitrogen and oxygen atoms in total. The number of anilines is 1. The number of tetrazole rings is 1. The number of benzene rings is 1. The number of rotatable bonds is 7. The summed E-state index contributed by atoms with van der Waals surface area (Å²) < 4.78 is 65.1. The van der Waals surface area contributed by atoms with Crippen molar-refractivity contribution in [2.24, 2.45) is 10.9 Å². The van der Waals surface area contributed by atoms with Gasteiger partial charge in [-0.25, -0.2) is 13.6 Å². The summed E-state index contributed by atoms with van der Waals surface area (Å²) in [4.78, 5) is 2.98. The number of nitrogens with two attached hydrogens (primary N) is 2. The highest BCUT2D eigenvalue weighted by Crippen LogP contribution is 2.42. The smallest absolute Gasteiger partial charge is 0.368 e. The van der Waals surface area contributed by atoms with Gasteiger partial charge in [0.15, 0.2) is 0 Å². The van der Waals surface area contributed by atoms with Gasteiger partial charge >= 0.3 is 6.18 Å². The maximum absolute atomic E-state index is 13.6. The largest absolute Gasteiger partial charge is 0.417 e. The summed E-state index contributed by atoms with van der Waals surface area (Å²) >= 11 is 0. The van der Waals surface area contributed by atoms with Crippen LogP contribution < -0.4 is 15.8 Å². The van der Waals surface area contributed by atoms with E-state index in [1.54, 1.807) is 4.90 Å². The molecule has 0 radical (unpaired) electrons. The molecule has 0 spiro atoms. The van der Waals surface area contributed by atoms with E-state index in [0.717, 1.165) is 25.5 Å². The van der Waals surface area contributed by atoms with Crippen LogP contribution in [0.5, 0.6) is 0 Å². The predicted octanol–water partition coefficient (Wildman–Crippen LogP) is 0.394. The van der Waals surface area contributed by atoms with E-state index in [1.165, 1.54) is 6.07 Å². The second-order valence-electron chi connectivity index (χ2n) is 6.94. The summed E-state index contributed by atoms with van der Waals surface area (Å²) in [5, 5.41) is 18.2. The molecule has 0 amide bonds. The number of hydrogen-bond donors (Lipinski definition) is 3. The number of nitrogens with zero attached hydrogens (tertiary/aromatic N) is 5. The molecule has 5 N–H and O–H groups in total. The first kappa shape index (κ1) is 22.4. The Hall–Kier alpha value is -2.29. The van der Waals surface area contributed by atoms with Crippen molar-refractivity contribution in [3.8, 4) is 11.4 Å². The number of H-pyrrole nitrogens is 1. The fourth-order valence-corrected chi connectivity index (χ4v) is 4.50. The maximum Gasteiger partial charge on any atom is 0.417 e. The van der Waals surface area contributed by atoms with E-state index >= 15 is 0 Å². The monoisotopic (exact) mass is 448 g/mol. The molecule has 0 aliphatic carbocycles. The zero-order valence-corrected chi connectivity index (χ0v) is 16.9.